The van der Waals surface area contributed by atoms with Crippen molar-refractivity contribution in [1.29, 1.82) is 0 Å². The van der Waals surface area contributed by atoms with Crippen molar-refractivity contribution in [2.75, 3.05) is 0 Å². The number of carboxylic acid groups (broad SMARTS) is 1. The van der Waals surface area contributed by atoms with Crippen LogP contribution in [0.1, 0.15) is 43.6 Å². The summed E-state index contributed by atoms with van der Waals surface area (Å²) in [6.45, 7) is 1.97. The first-order valence-corrected chi connectivity index (χ1v) is 7.25. The van der Waals surface area contributed by atoms with Crippen molar-refractivity contribution in [3.63, 3.8) is 0 Å². The maximum absolute atomic E-state index is 11.8. The summed E-state index contributed by atoms with van der Waals surface area (Å²) in [6, 6.07) is 0.397. The van der Waals surface area contributed by atoms with Gasteiger partial charge in [0.05, 0.1) is 6.54 Å². The normalized spacial score (nSPS) is 17.2. The number of aliphatic carboxylic acids is 1. The van der Waals surface area contributed by atoms with E-state index in [1.165, 1.54) is 0 Å². The second-order valence-corrected chi connectivity index (χ2v) is 5.47. The van der Waals surface area contributed by atoms with Crippen LogP contribution in [0.3, 0.4) is 0 Å². The monoisotopic (exact) mass is 295 g/mol. The number of hydrogen-bond donors (Lipinski definition) is 3. The number of amides is 2. The predicted octanol–water partition coefficient (Wildman–Crippen LogP) is 1.82. The van der Waals surface area contributed by atoms with Gasteiger partial charge in [-0.15, -0.1) is 0 Å². The zero-order valence-corrected chi connectivity index (χ0v) is 12.1. The molecule has 1 aliphatic rings. The molecule has 2 rings (SSSR count). The van der Waals surface area contributed by atoms with E-state index in [1.807, 2.05) is 0 Å². The number of urea groups is 1. The number of rotatable bonds is 5. The first-order chi connectivity index (χ1) is 10.1. The van der Waals surface area contributed by atoms with Gasteiger partial charge in [0.2, 0.25) is 0 Å². The van der Waals surface area contributed by atoms with Gasteiger partial charge in [0.25, 0.3) is 0 Å². The molecule has 0 aliphatic heterocycles. The molecule has 7 heteroatoms. The van der Waals surface area contributed by atoms with Crippen LogP contribution >= 0.6 is 0 Å². The zero-order chi connectivity index (χ0) is 15.2. The largest absolute Gasteiger partial charge is 0.480 e. The van der Waals surface area contributed by atoms with Crippen LogP contribution in [0, 0.1) is 12.8 Å². The van der Waals surface area contributed by atoms with E-state index in [9.17, 15) is 14.7 Å². The van der Waals surface area contributed by atoms with Gasteiger partial charge in [0.15, 0.2) is 0 Å². The molecule has 0 radical (unpaired) electrons. The van der Waals surface area contributed by atoms with Gasteiger partial charge in [-0.2, -0.15) is 0 Å². The Kier molecular flexibility index (Phi) is 5.19. The molecular weight excluding hydrogens is 274 g/mol. The summed E-state index contributed by atoms with van der Waals surface area (Å²) in [5, 5.41) is 18.2. The maximum atomic E-state index is 11.8. The van der Waals surface area contributed by atoms with Crippen molar-refractivity contribution in [2.24, 2.45) is 5.92 Å². The van der Waals surface area contributed by atoms with Crippen LogP contribution in [-0.4, -0.2) is 28.3 Å². The fourth-order valence-corrected chi connectivity index (χ4v) is 2.71. The lowest BCUT2D eigenvalue weighted by molar-refractivity contribution is -0.141. The molecule has 1 saturated carbocycles. The summed E-state index contributed by atoms with van der Waals surface area (Å²) in [6.07, 6.45) is 4.88. The Morgan fingerprint density at radius 1 is 1.43 bits per heavy atom. The molecule has 1 unspecified atom stereocenters. The van der Waals surface area contributed by atoms with Gasteiger partial charge in [-0.1, -0.05) is 24.4 Å². The van der Waals surface area contributed by atoms with Crippen LogP contribution < -0.4 is 10.6 Å². The summed E-state index contributed by atoms with van der Waals surface area (Å²) < 4.78 is 4.90. The Hall–Kier alpha value is -2.05. The molecule has 116 valence electrons. The molecule has 0 spiro atoms. The van der Waals surface area contributed by atoms with Gasteiger partial charge in [-0.25, -0.2) is 9.59 Å². The molecule has 2 amide bonds. The number of nitrogens with zero attached hydrogens (tertiary/aromatic N) is 1. The average molecular weight is 295 g/mol. The quantitative estimate of drug-likeness (QED) is 0.768. The minimum Gasteiger partial charge on any atom is -0.480 e. The molecule has 0 saturated heterocycles. The lowest BCUT2D eigenvalue weighted by Crippen LogP contribution is -2.50. The van der Waals surface area contributed by atoms with Crippen LogP contribution in [0.5, 0.6) is 0 Å². The number of carbonyl (C=O) groups is 2. The van der Waals surface area contributed by atoms with Gasteiger partial charge < -0.3 is 20.3 Å². The fourth-order valence-electron chi connectivity index (χ4n) is 2.71. The number of carboxylic acids is 1. The lowest BCUT2D eigenvalue weighted by Gasteiger charge is -2.27. The molecule has 1 aromatic heterocycles. The predicted molar refractivity (Wildman–Crippen MR) is 74.6 cm³/mol. The van der Waals surface area contributed by atoms with Crippen LogP contribution in [0.15, 0.2) is 10.6 Å². The fraction of sp³-hybridized carbons (Fsp3) is 0.643. The van der Waals surface area contributed by atoms with Crippen molar-refractivity contribution in [3.8, 4) is 0 Å². The number of aryl methyl sites for hydroxylation is 1. The molecule has 1 aromatic rings. The van der Waals surface area contributed by atoms with Crippen molar-refractivity contribution in [2.45, 2.75) is 51.6 Å². The van der Waals surface area contributed by atoms with Crippen molar-refractivity contribution in [3.05, 3.63) is 17.5 Å². The molecule has 0 bridgehead atoms. The highest BCUT2D eigenvalue weighted by Gasteiger charge is 2.30. The number of nitrogens with one attached hydrogen (secondary N) is 2. The van der Waals surface area contributed by atoms with E-state index in [4.69, 9.17) is 4.52 Å². The molecule has 1 atom stereocenters. The van der Waals surface area contributed by atoms with Gasteiger partial charge >= 0.3 is 12.0 Å². The summed E-state index contributed by atoms with van der Waals surface area (Å²) in [5.41, 5.74) is 0.604. The first kappa shape index (κ1) is 15.3. The Balaban J connectivity index is 1.84. The average Bonchev–Trinajstić information content (AvgIpc) is 2.89. The Bertz CT molecular complexity index is 494. The van der Waals surface area contributed by atoms with Gasteiger partial charge in [0.1, 0.15) is 17.5 Å². The molecule has 21 heavy (non-hydrogen) atoms. The molecule has 3 N–H and O–H groups in total. The zero-order valence-electron chi connectivity index (χ0n) is 12.1. The maximum Gasteiger partial charge on any atom is 0.326 e. The summed E-state index contributed by atoms with van der Waals surface area (Å²) in [4.78, 5) is 23.2. The Morgan fingerprint density at radius 2 is 2.14 bits per heavy atom. The third kappa shape index (κ3) is 4.47. The summed E-state index contributed by atoms with van der Waals surface area (Å²) >= 11 is 0. The molecule has 1 fully saturated rings. The summed E-state index contributed by atoms with van der Waals surface area (Å²) in [7, 11) is 0. The second-order valence-electron chi connectivity index (χ2n) is 5.47. The molecular formula is C14H21N3O4. The minimum atomic E-state index is -0.977. The first-order valence-electron chi connectivity index (χ1n) is 7.25. The van der Waals surface area contributed by atoms with Crippen LogP contribution in [0.2, 0.25) is 0 Å². The van der Waals surface area contributed by atoms with E-state index in [0.29, 0.717) is 11.5 Å². The van der Waals surface area contributed by atoms with Crippen LogP contribution in [-0.2, 0) is 11.3 Å². The third-order valence-electron chi connectivity index (χ3n) is 3.78. The lowest BCUT2D eigenvalue weighted by atomic mass is 9.84. The van der Waals surface area contributed by atoms with Gasteiger partial charge in [-0.05, 0) is 25.7 Å². The highest BCUT2D eigenvalue weighted by molar-refractivity contribution is 5.82. The molecule has 1 heterocycles. The standard InChI is InChI=1S/C14H21N3O4/c1-9-7-11(17-21-9)8-15-14(20)16-12(13(18)19)10-5-3-2-4-6-10/h7,10,12H,2-6,8H2,1H3,(H,18,19)(H2,15,16,20). The number of hydrogen-bond acceptors (Lipinski definition) is 4. The molecule has 1 aliphatic carbocycles. The minimum absolute atomic E-state index is 0.0105. The number of aromatic nitrogens is 1. The van der Waals surface area contributed by atoms with E-state index < -0.39 is 18.0 Å². The van der Waals surface area contributed by atoms with E-state index in [1.54, 1.807) is 13.0 Å². The highest BCUT2D eigenvalue weighted by Crippen LogP contribution is 2.26. The Morgan fingerprint density at radius 3 is 2.71 bits per heavy atom. The van der Waals surface area contributed by atoms with Crippen LogP contribution in [0.25, 0.3) is 0 Å². The van der Waals surface area contributed by atoms with Crippen molar-refractivity contribution >= 4 is 12.0 Å². The van der Waals surface area contributed by atoms with Crippen LogP contribution in [0.4, 0.5) is 4.79 Å². The van der Waals surface area contributed by atoms with E-state index >= 15 is 0 Å². The second kappa shape index (κ2) is 7.10. The Labute approximate surface area is 123 Å². The molecule has 0 aromatic carbocycles. The van der Waals surface area contributed by atoms with Gasteiger partial charge in [0, 0.05) is 6.07 Å². The van der Waals surface area contributed by atoms with Crippen molar-refractivity contribution < 1.29 is 19.2 Å². The number of carbonyl (C=O) groups excluding carboxylic acids is 1. The highest BCUT2D eigenvalue weighted by atomic mass is 16.5. The van der Waals surface area contributed by atoms with Crippen molar-refractivity contribution in [1.82, 2.24) is 15.8 Å². The topological polar surface area (TPSA) is 104 Å². The van der Waals surface area contributed by atoms with Gasteiger partial charge in [-0.3, -0.25) is 0 Å². The third-order valence-corrected chi connectivity index (χ3v) is 3.78. The van der Waals surface area contributed by atoms with E-state index in [2.05, 4.69) is 15.8 Å². The summed E-state index contributed by atoms with van der Waals surface area (Å²) in [5.74, 6) is -0.302. The van der Waals surface area contributed by atoms with E-state index in [-0.39, 0.29) is 12.5 Å². The smallest absolute Gasteiger partial charge is 0.326 e. The molecule has 7 nitrogen and oxygen atoms in total. The SMILES string of the molecule is Cc1cc(CNC(=O)NC(C(=O)O)C2CCCCC2)no1. The van der Waals surface area contributed by atoms with E-state index in [0.717, 1.165) is 32.1 Å².